The lowest BCUT2D eigenvalue weighted by Gasteiger charge is -2.15. The Bertz CT molecular complexity index is 394. The first kappa shape index (κ1) is 13.2. The molecule has 0 spiro atoms. The SMILES string of the molecule is CC(C)c1nn(C)c(OCCN2CCCC2)c1N. The Labute approximate surface area is 109 Å². The van der Waals surface area contributed by atoms with Crippen LogP contribution in [0.4, 0.5) is 5.69 Å². The molecule has 18 heavy (non-hydrogen) atoms. The molecule has 2 N–H and O–H groups in total. The number of anilines is 1. The number of aromatic nitrogens is 2. The van der Waals surface area contributed by atoms with Gasteiger partial charge in [-0.2, -0.15) is 5.10 Å². The fourth-order valence-corrected chi connectivity index (χ4v) is 2.42. The van der Waals surface area contributed by atoms with Crippen LogP contribution in [0.25, 0.3) is 0 Å². The molecule has 0 unspecified atom stereocenters. The van der Waals surface area contributed by atoms with E-state index in [0.717, 1.165) is 12.2 Å². The van der Waals surface area contributed by atoms with Crippen molar-refractivity contribution >= 4 is 5.69 Å². The van der Waals surface area contributed by atoms with Gasteiger partial charge < -0.3 is 10.5 Å². The summed E-state index contributed by atoms with van der Waals surface area (Å²) in [6.45, 7) is 8.23. The highest BCUT2D eigenvalue weighted by atomic mass is 16.5. The van der Waals surface area contributed by atoms with E-state index in [4.69, 9.17) is 10.5 Å². The van der Waals surface area contributed by atoms with Crippen molar-refractivity contribution < 1.29 is 4.74 Å². The summed E-state index contributed by atoms with van der Waals surface area (Å²) in [6, 6.07) is 0. The molecule has 1 aliphatic rings. The molecule has 0 amide bonds. The molecule has 2 rings (SSSR count). The first-order valence-electron chi connectivity index (χ1n) is 6.77. The van der Waals surface area contributed by atoms with Gasteiger partial charge in [-0.1, -0.05) is 13.8 Å². The van der Waals surface area contributed by atoms with E-state index >= 15 is 0 Å². The first-order valence-corrected chi connectivity index (χ1v) is 6.77. The summed E-state index contributed by atoms with van der Waals surface area (Å²) in [5, 5.41) is 4.41. The molecule has 1 aromatic rings. The molecule has 5 nitrogen and oxygen atoms in total. The Kier molecular flexibility index (Phi) is 4.11. The van der Waals surface area contributed by atoms with Gasteiger partial charge in [-0.25, -0.2) is 4.68 Å². The fraction of sp³-hybridized carbons (Fsp3) is 0.769. The number of aryl methyl sites for hydroxylation is 1. The normalized spacial score (nSPS) is 16.7. The van der Waals surface area contributed by atoms with E-state index in [-0.39, 0.29) is 0 Å². The molecule has 0 radical (unpaired) electrons. The Morgan fingerprint density at radius 1 is 1.33 bits per heavy atom. The summed E-state index contributed by atoms with van der Waals surface area (Å²) in [4.78, 5) is 2.43. The van der Waals surface area contributed by atoms with Crippen LogP contribution in [0.2, 0.25) is 0 Å². The van der Waals surface area contributed by atoms with Gasteiger partial charge in [0.25, 0.3) is 0 Å². The van der Waals surface area contributed by atoms with Crippen LogP contribution in [0, 0.1) is 0 Å². The Morgan fingerprint density at radius 2 is 2.00 bits per heavy atom. The lowest BCUT2D eigenvalue weighted by molar-refractivity contribution is 0.226. The Hall–Kier alpha value is -1.23. The predicted octanol–water partition coefficient (Wildman–Crippen LogP) is 1.60. The molecule has 0 aliphatic carbocycles. The van der Waals surface area contributed by atoms with E-state index in [1.165, 1.54) is 25.9 Å². The third-order valence-corrected chi connectivity index (χ3v) is 3.45. The molecule has 102 valence electrons. The van der Waals surface area contributed by atoms with Crippen LogP contribution in [0.3, 0.4) is 0 Å². The number of hydrogen-bond donors (Lipinski definition) is 1. The second-order valence-corrected chi connectivity index (χ2v) is 5.28. The van der Waals surface area contributed by atoms with E-state index in [9.17, 15) is 0 Å². The highest BCUT2D eigenvalue weighted by molar-refractivity contribution is 5.54. The van der Waals surface area contributed by atoms with Crippen molar-refractivity contribution in [1.29, 1.82) is 0 Å². The smallest absolute Gasteiger partial charge is 0.235 e. The van der Waals surface area contributed by atoms with E-state index in [0.29, 0.717) is 24.1 Å². The third-order valence-electron chi connectivity index (χ3n) is 3.45. The summed E-state index contributed by atoms with van der Waals surface area (Å²) in [5.74, 6) is 1.03. The topological polar surface area (TPSA) is 56.3 Å². The fourth-order valence-electron chi connectivity index (χ4n) is 2.42. The molecular weight excluding hydrogens is 228 g/mol. The molecular formula is C13H24N4O. The van der Waals surface area contributed by atoms with Crippen molar-refractivity contribution in [3.8, 4) is 5.88 Å². The van der Waals surface area contributed by atoms with Gasteiger partial charge in [0.2, 0.25) is 5.88 Å². The van der Waals surface area contributed by atoms with Crippen LogP contribution in [-0.4, -0.2) is 40.9 Å². The highest BCUT2D eigenvalue weighted by Gasteiger charge is 2.17. The quantitative estimate of drug-likeness (QED) is 0.865. The molecule has 2 heterocycles. The van der Waals surface area contributed by atoms with Gasteiger partial charge in [-0.3, -0.25) is 4.90 Å². The lowest BCUT2D eigenvalue weighted by Crippen LogP contribution is -2.25. The molecule has 5 heteroatoms. The largest absolute Gasteiger partial charge is 0.475 e. The maximum absolute atomic E-state index is 6.08. The van der Waals surface area contributed by atoms with Gasteiger partial charge in [-0.05, 0) is 31.8 Å². The molecule has 0 bridgehead atoms. The van der Waals surface area contributed by atoms with Crippen molar-refractivity contribution in [1.82, 2.24) is 14.7 Å². The monoisotopic (exact) mass is 252 g/mol. The number of rotatable bonds is 5. The van der Waals surface area contributed by atoms with E-state index in [1.54, 1.807) is 4.68 Å². The molecule has 1 aromatic heterocycles. The number of nitrogens with two attached hydrogens (primary N) is 1. The lowest BCUT2D eigenvalue weighted by atomic mass is 10.1. The van der Waals surface area contributed by atoms with Crippen molar-refractivity contribution in [2.45, 2.75) is 32.6 Å². The summed E-state index contributed by atoms with van der Waals surface area (Å²) < 4.78 is 7.54. The second kappa shape index (κ2) is 5.61. The van der Waals surface area contributed by atoms with Crippen molar-refractivity contribution in [2.24, 2.45) is 7.05 Å². The zero-order valence-corrected chi connectivity index (χ0v) is 11.6. The minimum atomic E-state index is 0.326. The van der Waals surface area contributed by atoms with Gasteiger partial charge in [0.15, 0.2) is 0 Å². The Morgan fingerprint density at radius 3 is 2.56 bits per heavy atom. The van der Waals surface area contributed by atoms with Crippen molar-refractivity contribution in [3.63, 3.8) is 0 Å². The van der Waals surface area contributed by atoms with Gasteiger partial charge >= 0.3 is 0 Å². The average molecular weight is 252 g/mol. The van der Waals surface area contributed by atoms with Crippen LogP contribution >= 0.6 is 0 Å². The zero-order chi connectivity index (χ0) is 13.1. The van der Waals surface area contributed by atoms with E-state index in [2.05, 4.69) is 23.8 Å². The summed E-state index contributed by atoms with van der Waals surface area (Å²) >= 11 is 0. The maximum Gasteiger partial charge on any atom is 0.235 e. The van der Waals surface area contributed by atoms with E-state index in [1.807, 2.05) is 7.05 Å². The highest BCUT2D eigenvalue weighted by Crippen LogP contribution is 2.29. The number of likely N-dealkylation sites (tertiary alicyclic amines) is 1. The predicted molar refractivity (Wildman–Crippen MR) is 72.9 cm³/mol. The van der Waals surface area contributed by atoms with Crippen LogP contribution in [0.15, 0.2) is 0 Å². The minimum absolute atomic E-state index is 0.326. The van der Waals surface area contributed by atoms with Crippen molar-refractivity contribution in [2.75, 3.05) is 32.0 Å². The molecule has 1 aliphatic heterocycles. The van der Waals surface area contributed by atoms with E-state index < -0.39 is 0 Å². The number of nitrogen functional groups attached to an aromatic ring is 1. The van der Waals surface area contributed by atoms with Gasteiger partial charge in [0.05, 0.1) is 5.69 Å². The maximum atomic E-state index is 6.08. The second-order valence-electron chi connectivity index (χ2n) is 5.28. The van der Waals surface area contributed by atoms with Crippen LogP contribution < -0.4 is 10.5 Å². The number of nitrogens with zero attached hydrogens (tertiary/aromatic N) is 3. The standard InChI is InChI=1S/C13H24N4O/c1-10(2)12-11(14)13(16(3)15-12)18-9-8-17-6-4-5-7-17/h10H,4-9,14H2,1-3H3. The number of ether oxygens (including phenoxy) is 1. The number of hydrogen-bond acceptors (Lipinski definition) is 4. The molecule has 0 aromatic carbocycles. The molecule has 1 fully saturated rings. The molecule has 1 saturated heterocycles. The van der Waals surface area contributed by atoms with Gasteiger partial charge in [-0.15, -0.1) is 0 Å². The summed E-state index contributed by atoms with van der Waals surface area (Å²) in [5.41, 5.74) is 7.69. The minimum Gasteiger partial charge on any atom is -0.475 e. The average Bonchev–Trinajstić information content (AvgIpc) is 2.91. The first-order chi connectivity index (χ1) is 8.59. The van der Waals surface area contributed by atoms with Crippen molar-refractivity contribution in [3.05, 3.63) is 5.69 Å². The Balaban J connectivity index is 1.92. The zero-order valence-electron chi connectivity index (χ0n) is 11.6. The van der Waals surface area contributed by atoms with Gasteiger partial charge in [0.1, 0.15) is 12.3 Å². The molecule has 0 atom stereocenters. The summed E-state index contributed by atoms with van der Waals surface area (Å²) in [7, 11) is 1.88. The van der Waals surface area contributed by atoms with Crippen LogP contribution in [-0.2, 0) is 7.05 Å². The van der Waals surface area contributed by atoms with Crippen LogP contribution in [0.1, 0.15) is 38.3 Å². The molecule has 0 saturated carbocycles. The third kappa shape index (κ3) is 2.77. The van der Waals surface area contributed by atoms with Crippen LogP contribution in [0.5, 0.6) is 5.88 Å². The summed E-state index contributed by atoms with van der Waals surface area (Å²) in [6.07, 6.45) is 2.62. The van der Waals surface area contributed by atoms with Gasteiger partial charge in [0, 0.05) is 13.6 Å².